The van der Waals surface area contributed by atoms with Crippen molar-refractivity contribution >= 4 is 36.0 Å². The highest BCUT2D eigenvalue weighted by molar-refractivity contribution is 7.45. The van der Waals surface area contributed by atoms with Crippen LogP contribution in [0.1, 0.15) is 57.9 Å². The zero-order valence-electron chi connectivity index (χ0n) is 18.8. The van der Waals surface area contributed by atoms with Gasteiger partial charge >= 0.3 is 7.82 Å². The van der Waals surface area contributed by atoms with Crippen molar-refractivity contribution in [2.75, 3.05) is 31.5 Å². The van der Waals surface area contributed by atoms with Gasteiger partial charge in [0.2, 0.25) is 0 Å². The number of unbranched alkanes of at least 4 members (excludes halogenated alkanes) is 3. The van der Waals surface area contributed by atoms with Gasteiger partial charge in [-0.05, 0) is 76.0 Å². The molecule has 176 valence electrons. The number of fused-ring (bicyclic) bond motifs is 1. The number of benzene rings is 1. The Bertz CT molecular complexity index is 815. The van der Waals surface area contributed by atoms with E-state index in [-0.39, 0.29) is 0 Å². The summed E-state index contributed by atoms with van der Waals surface area (Å²) in [5.41, 5.74) is 3.34. The molecule has 31 heavy (non-hydrogen) atoms. The van der Waals surface area contributed by atoms with Crippen LogP contribution >= 0.6 is 19.4 Å². The fourth-order valence-electron chi connectivity index (χ4n) is 3.27. The van der Waals surface area contributed by atoms with Gasteiger partial charge < -0.3 is 24.9 Å². The van der Waals surface area contributed by atoms with Crippen molar-refractivity contribution in [3.8, 4) is 0 Å². The van der Waals surface area contributed by atoms with Gasteiger partial charge in [-0.3, -0.25) is 4.98 Å². The van der Waals surface area contributed by atoms with Gasteiger partial charge in [-0.1, -0.05) is 38.3 Å². The first-order valence-electron chi connectivity index (χ1n) is 10.9. The number of aromatic nitrogens is 1. The standard InChI is InChI=1S/C22H34ClN3.H3O4P/c1-4-6-13-26(14-7-5-2)15-9-8-12-24-22-18(3)17-25-21-16-19(23)10-11-20(21)22;1-5(2,3)4/h10-11,16-17H,4-9,12-15H2,1-3H3,(H,24,25);(H3,1,2,3,4). The summed E-state index contributed by atoms with van der Waals surface area (Å²) in [7, 11) is -4.64. The highest BCUT2D eigenvalue weighted by atomic mass is 35.5. The Balaban J connectivity index is 0.000000861. The van der Waals surface area contributed by atoms with Crippen molar-refractivity contribution in [1.82, 2.24) is 9.88 Å². The van der Waals surface area contributed by atoms with Crippen LogP contribution < -0.4 is 5.32 Å². The van der Waals surface area contributed by atoms with Crippen LogP contribution in [0.15, 0.2) is 24.4 Å². The van der Waals surface area contributed by atoms with Crippen molar-refractivity contribution < 1.29 is 19.2 Å². The second-order valence-corrected chi connectivity index (χ2v) is 9.14. The van der Waals surface area contributed by atoms with Crippen LogP contribution in [-0.4, -0.2) is 50.7 Å². The van der Waals surface area contributed by atoms with E-state index in [1.54, 1.807) is 0 Å². The van der Waals surface area contributed by atoms with Gasteiger partial charge in [0, 0.05) is 28.8 Å². The number of anilines is 1. The van der Waals surface area contributed by atoms with Gasteiger partial charge in [0.05, 0.1) is 5.52 Å². The lowest BCUT2D eigenvalue weighted by Crippen LogP contribution is -2.27. The van der Waals surface area contributed by atoms with E-state index in [2.05, 4.69) is 42.0 Å². The van der Waals surface area contributed by atoms with E-state index in [4.69, 9.17) is 30.8 Å². The van der Waals surface area contributed by atoms with E-state index in [9.17, 15) is 0 Å². The normalized spacial score (nSPS) is 11.5. The van der Waals surface area contributed by atoms with Crippen LogP contribution in [0.5, 0.6) is 0 Å². The Kier molecular flexibility index (Phi) is 13.3. The molecule has 1 aromatic heterocycles. The lowest BCUT2D eigenvalue weighted by Gasteiger charge is -2.22. The number of halogens is 1. The average molecular weight is 474 g/mol. The van der Waals surface area contributed by atoms with Gasteiger partial charge in [0.25, 0.3) is 0 Å². The minimum Gasteiger partial charge on any atom is -0.384 e. The number of phosphoric acid groups is 1. The van der Waals surface area contributed by atoms with E-state index >= 15 is 0 Å². The molecular formula is C22H37ClN3O4P. The summed E-state index contributed by atoms with van der Waals surface area (Å²) in [5.74, 6) is 0. The van der Waals surface area contributed by atoms with E-state index in [0.29, 0.717) is 0 Å². The predicted octanol–water partition coefficient (Wildman–Crippen LogP) is 5.36. The quantitative estimate of drug-likeness (QED) is 0.243. The van der Waals surface area contributed by atoms with Crippen molar-refractivity contribution in [3.63, 3.8) is 0 Å². The molecule has 0 spiro atoms. The third-order valence-electron chi connectivity index (χ3n) is 4.88. The van der Waals surface area contributed by atoms with Crippen LogP contribution in [0.4, 0.5) is 5.69 Å². The Morgan fingerprint density at radius 3 is 2.19 bits per heavy atom. The molecule has 2 rings (SSSR count). The third-order valence-corrected chi connectivity index (χ3v) is 5.11. The van der Waals surface area contributed by atoms with Crippen LogP contribution in [0, 0.1) is 6.92 Å². The Morgan fingerprint density at radius 2 is 1.61 bits per heavy atom. The van der Waals surface area contributed by atoms with E-state index in [0.717, 1.165) is 22.5 Å². The summed E-state index contributed by atoms with van der Waals surface area (Å²) < 4.78 is 8.88. The lowest BCUT2D eigenvalue weighted by molar-refractivity contribution is 0.261. The molecule has 0 radical (unpaired) electrons. The van der Waals surface area contributed by atoms with Gasteiger partial charge in [0.15, 0.2) is 0 Å². The molecule has 0 unspecified atom stereocenters. The zero-order chi connectivity index (χ0) is 23.3. The number of rotatable bonds is 12. The minimum atomic E-state index is -4.64. The highest BCUT2D eigenvalue weighted by Gasteiger charge is 2.07. The molecule has 0 saturated heterocycles. The molecular weight excluding hydrogens is 437 g/mol. The van der Waals surface area contributed by atoms with Crippen molar-refractivity contribution in [2.24, 2.45) is 0 Å². The second kappa shape index (κ2) is 14.8. The second-order valence-electron chi connectivity index (χ2n) is 7.67. The molecule has 0 saturated carbocycles. The first kappa shape index (κ1) is 27.8. The van der Waals surface area contributed by atoms with Crippen LogP contribution in [0.2, 0.25) is 5.02 Å². The molecule has 4 N–H and O–H groups in total. The van der Waals surface area contributed by atoms with Crippen LogP contribution in [0.25, 0.3) is 10.9 Å². The fraction of sp³-hybridized carbons (Fsp3) is 0.591. The number of nitrogens with one attached hydrogen (secondary N) is 1. The molecule has 1 aromatic carbocycles. The predicted molar refractivity (Wildman–Crippen MR) is 130 cm³/mol. The summed E-state index contributed by atoms with van der Waals surface area (Å²) in [6.45, 7) is 11.4. The van der Waals surface area contributed by atoms with Crippen molar-refractivity contribution in [1.29, 1.82) is 0 Å². The molecule has 0 atom stereocenters. The van der Waals surface area contributed by atoms with Gasteiger partial charge in [-0.2, -0.15) is 0 Å². The molecule has 0 amide bonds. The highest BCUT2D eigenvalue weighted by Crippen LogP contribution is 2.27. The number of hydrogen-bond acceptors (Lipinski definition) is 4. The van der Waals surface area contributed by atoms with E-state index in [1.807, 2.05) is 18.3 Å². The first-order chi connectivity index (χ1) is 14.7. The van der Waals surface area contributed by atoms with Crippen LogP contribution in [-0.2, 0) is 4.57 Å². The fourth-order valence-corrected chi connectivity index (χ4v) is 3.44. The summed E-state index contributed by atoms with van der Waals surface area (Å²) in [6, 6.07) is 5.94. The molecule has 0 aliphatic rings. The molecule has 2 aromatic rings. The molecule has 0 aliphatic heterocycles. The molecule has 0 fully saturated rings. The van der Waals surface area contributed by atoms with Crippen molar-refractivity contribution in [3.05, 3.63) is 35.0 Å². The summed E-state index contributed by atoms with van der Waals surface area (Å²) in [5, 5.41) is 5.52. The van der Waals surface area contributed by atoms with Gasteiger partial charge in [-0.25, -0.2) is 4.57 Å². The number of nitrogens with zero attached hydrogens (tertiary/aromatic N) is 2. The SMILES string of the molecule is CCCCN(CCCC)CCCCNc1c(C)cnc2cc(Cl)ccc12.O=P(O)(O)O. The van der Waals surface area contributed by atoms with E-state index < -0.39 is 7.82 Å². The first-order valence-corrected chi connectivity index (χ1v) is 12.9. The summed E-state index contributed by atoms with van der Waals surface area (Å²) in [4.78, 5) is 28.7. The number of hydrogen-bond donors (Lipinski definition) is 4. The smallest absolute Gasteiger partial charge is 0.384 e. The Hall–Kier alpha value is -1.21. The monoisotopic (exact) mass is 473 g/mol. The van der Waals surface area contributed by atoms with Gasteiger partial charge in [0.1, 0.15) is 0 Å². The molecule has 7 nitrogen and oxygen atoms in total. The third kappa shape index (κ3) is 12.4. The summed E-state index contributed by atoms with van der Waals surface area (Å²) in [6.07, 6.45) is 9.54. The van der Waals surface area contributed by atoms with Crippen molar-refractivity contribution in [2.45, 2.75) is 59.3 Å². The maximum absolute atomic E-state index is 8.88. The summed E-state index contributed by atoms with van der Waals surface area (Å²) >= 11 is 6.09. The molecule has 9 heteroatoms. The molecule has 1 heterocycles. The average Bonchev–Trinajstić information content (AvgIpc) is 2.69. The van der Waals surface area contributed by atoms with E-state index in [1.165, 1.54) is 69.4 Å². The minimum absolute atomic E-state index is 0.735. The largest absolute Gasteiger partial charge is 0.466 e. The zero-order valence-corrected chi connectivity index (χ0v) is 20.5. The maximum atomic E-state index is 8.88. The Labute approximate surface area is 191 Å². The number of pyridine rings is 1. The molecule has 0 bridgehead atoms. The molecule has 0 aliphatic carbocycles. The van der Waals surface area contributed by atoms with Gasteiger partial charge in [-0.15, -0.1) is 0 Å². The Morgan fingerprint density at radius 1 is 1.03 bits per heavy atom. The topological polar surface area (TPSA) is 106 Å². The number of aryl methyl sites for hydroxylation is 1. The lowest BCUT2D eigenvalue weighted by atomic mass is 10.1. The maximum Gasteiger partial charge on any atom is 0.466 e. The van der Waals surface area contributed by atoms with Crippen LogP contribution in [0.3, 0.4) is 0 Å².